The highest BCUT2D eigenvalue weighted by Crippen LogP contribution is 2.30. The van der Waals surface area contributed by atoms with E-state index in [1.807, 2.05) is 0 Å². The maximum atomic E-state index is 12.4. The van der Waals surface area contributed by atoms with Crippen molar-refractivity contribution in [3.8, 4) is 23.0 Å². The molecule has 0 saturated carbocycles. The van der Waals surface area contributed by atoms with E-state index in [9.17, 15) is 19.7 Å². The first-order valence-electron chi connectivity index (χ1n) is 10.2. The predicted octanol–water partition coefficient (Wildman–Crippen LogP) is 4.12. The Morgan fingerprint density at radius 1 is 1.00 bits per heavy atom. The lowest BCUT2D eigenvalue weighted by Gasteiger charge is -2.10. The average Bonchev–Trinajstić information content (AvgIpc) is 2.88. The number of hydrogen-bond donors (Lipinski definition) is 1. The zero-order valence-electron chi connectivity index (χ0n) is 19.1. The first-order valence-corrected chi connectivity index (χ1v) is 11.0. The van der Waals surface area contributed by atoms with E-state index in [4.69, 9.17) is 18.9 Å². The van der Waals surface area contributed by atoms with Crippen LogP contribution in [0.4, 0.5) is 5.69 Å². The summed E-state index contributed by atoms with van der Waals surface area (Å²) in [5.41, 5.74) is 2.91. The standard InChI is InChI=1S/C24H20BrN3O8/c1-33-18-8-10-20(19(25)12-18)35-14-23(29)27-26-13-15-3-9-21(22(11-15)34-2)36-24(30)16-4-6-17(7-5-16)28(31)32/h3-13H,14H2,1-2H3,(H,27,29)/b26-13+. The number of hydrazone groups is 1. The van der Waals surface area contributed by atoms with E-state index in [1.165, 1.54) is 43.7 Å². The zero-order chi connectivity index (χ0) is 26.1. The van der Waals surface area contributed by atoms with Gasteiger partial charge in [0.25, 0.3) is 11.6 Å². The third-order valence-electron chi connectivity index (χ3n) is 4.60. The number of methoxy groups -OCH3 is 2. The van der Waals surface area contributed by atoms with Crippen molar-refractivity contribution in [1.29, 1.82) is 0 Å². The van der Waals surface area contributed by atoms with E-state index in [0.717, 1.165) is 0 Å². The third kappa shape index (κ3) is 7.03. The van der Waals surface area contributed by atoms with Gasteiger partial charge in [-0.25, -0.2) is 10.2 Å². The minimum atomic E-state index is -0.708. The third-order valence-corrected chi connectivity index (χ3v) is 5.22. The van der Waals surface area contributed by atoms with E-state index in [1.54, 1.807) is 37.4 Å². The summed E-state index contributed by atoms with van der Waals surface area (Å²) in [5, 5.41) is 14.6. The van der Waals surface area contributed by atoms with Crippen molar-refractivity contribution in [3.63, 3.8) is 0 Å². The molecule has 0 aliphatic heterocycles. The molecule has 0 radical (unpaired) electrons. The van der Waals surface area contributed by atoms with Gasteiger partial charge in [0.2, 0.25) is 0 Å². The van der Waals surface area contributed by atoms with Crippen molar-refractivity contribution >= 4 is 39.7 Å². The number of benzene rings is 3. The molecule has 0 atom stereocenters. The van der Waals surface area contributed by atoms with Gasteiger partial charge in [0.1, 0.15) is 11.5 Å². The van der Waals surface area contributed by atoms with Gasteiger partial charge in [-0.1, -0.05) is 0 Å². The largest absolute Gasteiger partial charge is 0.497 e. The van der Waals surface area contributed by atoms with E-state index in [-0.39, 0.29) is 29.4 Å². The number of esters is 1. The van der Waals surface area contributed by atoms with Gasteiger partial charge in [-0.15, -0.1) is 0 Å². The van der Waals surface area contributed by atoms with Crippen LogP contribution in [0.3, 0.4) is 0 Å². The molecule has 0 unspecified atom stereocenters. The van der Waals surface area contributed by atoms with Crippen LogP contribution in [0.1, 0.15) is 15.9 Å². The quantitative estimate of drug-likeness (QED) is 0.129. The van der Waals surface area contributed by atoms with E-state index in [0.29, 0.717) is 21.5 Å². The molecule has 3 aromatic carbocycles. The summed E-state index contributed by atoms with van der Waals surface area (Å²) in [4.78, 5) is 34.6. The lowest BCUT2D eigenvalue weighted by Crippen LogP contribution is -2.24. The molecule has 0 aliphatic rings. The highest BCUT2D eigenvalue weighted by atomic mass is 79.9. The Balaban J connectivity index is 1.56. The number of nitro groups is 1. The van der Waals surface area contributed by atoms with Gasteiger partial charge in [0, 0.05) is 12.1 Å². The van der Waals surface area contributed by atoms with Crippen LogP contribution >= 0.6 is 15.9 Å². The fraction of sp³-hybridized carbons (Fsp3) is 0.125. The molecule has 3 aromatic rings. The zero-order valence-corrected chi connectivity index (χ0v) is 20.7. The first kappa shape index (κ1) is 26.2. The highest BCUT2D eigenvalue weighted by Gasteiger charge is 2.14. The molecule has 0 aliphatic carbocycles. The average molecular weight is 558 g/mol. The van der Waals surface area contributed by atoms with E-state index in [2.05, 4.69) is 26.5 Å². The molecule has 0 aromatic heterocycles. The number of carbonyl (C=O) groups is 2. The summed E-state index contributed by atoms with van der Waals surface area (Å²) >= 11 is 3.34. The van der Waals surface area contributed by atoms with Gasteiger partial charge in [-0.3, -0.25) is 14.9 Å². The van der Waals surface area contributed by atoms with Gasteiger partial charge in [-0.2, -0.15) is 5.10 Å². The number of halogens is 1. The van der Waals surface area contributed by atoms with Crippen LogP contribution < -0.4 is 24.4 Å². The molecule has 1 N–H and O–H groups in total. The van der Waals surface area contributed by atoms with Gasteiger partial charge in [0.15, 0.2) is 18.1 Å². The number of carbonyl (C=O) groups excluding carboxylic acids is 2. The summed E-state index contributed by atoms with van der Waals surface area (Å²) in [5.74, 6) is 0.313. The monoisotopic (exact) mass is 557 g/mol. The van der Waals surface area contributed by atoms with Crippen LogP contribution in [0.2, 0.25) is 0 Å². The van der Waals surface area contributed by atoms with Gasteiger partial charge < -0.3 is 18.9 Å². The van der Waals surface area contributed by atoms with Crippen LogP contribution in [0.15, 0.2) is 70.2 Å². The van der Waals surface area contributed by atoms with Crippen LogP contribution in [0.5, 0.6) is 23.0 Å². The van der Waals surface area contributed by atoms with Gasteiger partial charge >= 0.3 is 5.97 Å². The van der Waals surface area contributed by atoms with Crippen LogP contribution in [0, 0.1) is 10.1 Å². The minimum Gasteiger partial charge on any atom is -0.497 e. The fourth-order valence-corrected chi connectivity index (χ4v) is 3.28. The molecule has 0 fully saturated rings. The second-order valence-electron chi connectivity index (χ2n) is 6.98. The Bertz CT molecular complexity index is 1300. The summed E-state index contributed by atoms with van der Waals surface area (Å²) in [6, 6.07) is 14.8. The van der Waals surface area contributed by atoms with Crippen molar-refractivity contribution in [2.45, 2.75) is 0 Å². The number of amides is 1. The van der Waals surface area contributed by atoms with Crippen LogP contribution in [-0.2, 0) is 4.79 Å². The molecule has 1 amide bonds. The van der Waals surface area contributed by atoms with Gasteiger partial charge in [0.05, 0.1) is 35.4 Å². The molecule has 3 rings (SSSR count). The maximum absolute atomic E-state index is 12.4. The van der Waals surface area contributed by atoms with Crippen molar-refractivity contribution in [2.24, 2.45) is 5.10 Å². The predicted molar refractivity (Wildman–Crippen MR) is 133 cm³/mol. The SMILES string of the molecule is COc1ccc(OCC(=O)N/N=C/c2ccc(OC(=O)c3ccc([N+](=O)[O-])cc3)c(OC)c2)c(Br)c1. The molecule has 0 bridgehead atoms. The molecule has 0 heterocycles. The Hall–Kier alpha value is -4.45. The summed E-state index contributed by atoms with van der Waals surface area (Å²) < 4.78 is 21.8. The number of non-ortho nitro benzene ring substituents is 1. The number of nitrogens with one attached hydrogen (secondary N) is 1. The molecular weight excluding hydrogens is 538 g/mol. The Labute approximate surface area is 213 Å². The van der Waals surface area contributed by atoms with Crippen molar-refractivity contribution in [3.05, 3.63) is 86.4 Å². The fourth-order valence-electron chi connectivity index (χ4n) is 2.81. The lowest BCUT2D eigenvalue weighted by atomic mass is 10.2. The van der Waals surface area contributed by atoms with Crippen molar-refractivity contribution in [2.75, 3.05) is 20.8 Å². The minimum absolute atomic E-state index is 0.139. The summed E-state index contributed by atoms with van der Waals surface area (Å²) in [6.45, 7) is -0.261. The number of ether oxygens (including phenoxy) is 4. The summed E-state index contributed by atoms with van der Waals surface area (Å²) in [6.07, 6.45) is 1.38. The normalized spacial score (nSPS) is 10.5. The number of nitrogens with zero attached hydrogens (tertiary/aromatic N) is 2. The lowest BCUT2D eigenvalue weighted by molar-refractivity contribution is -0.384. The molecule has 36 heavy (non-hydrogen) atoms. The number of nitro benzene ring substituents is 1. The van der Waals surface area contributed by atoms with Crippen LogP contribution in [-0.4, -0.2) is 43.8 Å². The van der Waals surface area contributed by atoms with Crippen molar-refractivity contribution in [1.82, 2.24) is 5.43 Å². The smallest absolute Gasteiger partial charge is 0.343 e. The maximum Gasteiger partial charge on any atom is 0.343 e. The van der Waals surface area contributed by atoms with E-state index >= 15 is 0 Å². The van der Waals surface area contributed by atoms with Crippen LogP contribution in [0.25, 0.3) is 0 Å². The molecule has 12 heteroatoms. The van der Waals surface area contributed by atoms with Crippen molar-refractivity contribution < 1.29 is 33.5 Å². The second-order valence-corrected chi connectivity index (χ2v) is 7.84. The van der Waals surface area contributed by atoms with Gasteiger partial charge in [-0.05, 0) is 70.0 Å². The first-order chi connectivity index (χ1) is 17.3. The summed E-state index contributed by atoms with van der Waals surface area (Å²) in [7, 11) is 2.95. The molecule has 186 valence electrons. The number of rotatable bonds is 10. The topological polar surface area (TPSA) is 139 Å². The molecular formula is C24H20BrN3O8. The Morgan fingerprint density at radius 2 is 1.72 bits per heavy atom. The molecule has 0 saturated heterocycles. The molecule has 0 spiro atoms. The Morgan fingerprint density at radius 3 is 2.36 bits per heavy atom. The highest BCUT2D eigenvalue weighted by molar-refractivity contribution is 9.10. The molecule has 11 nitrogen and oxygen atoms in total. The Kier molecular flexibility index (Phi) is 8.95. The second kappa shape index (κ2) is 12.3. The number of hydrogen-bond acceptors (Lipinski definition) is 9. The van der Waals surface area contributed by atoms with E-state index < -0.39 is 16.8 Å².